The highest BCUT2D eigenvalue weighted by Crippen LogP contribution is 2.26. The Bertz CT molecular complexity index is 487. The number of nitrogens with one attached hydrogen (secondary N) is 1. The van der Waals surface area contributed by atoms with Gasteiger partial charge in [0.05, 0.1) is 12.0 Å². The number of benzene rings is 1. The molecule has 1 aliphatic rings. The first-order valence-corrected chi connectivity index (χ1v) is 7.41. The highest BCUT2D eigenvalue weighted by atomic mass is 16.6. The zero-order chi connectivity index (χ0) is 15.2. The van der Waals surface area contributed by atoms with Crippen molar-refractivity contribution in [1.82, 2.24) is 10.2 Å². The molecule has 0 aromatic heterocycles. The van der Waals surface area contributed by atoms with Gasteiger partial charge in [-0.05, 0) is 38.5 Å². The van der Waals surface area contributed by atoms with Gasteiger partial charge in [0.25, 0.3) is 5.69 Å². The second-order valence-corrected chi connectivity index (χ2v) is 5.30. The second-order valence-electron chi connectivity index (χ2n) is 5.30. The summed E-state index contributed by atoms with van der Waals surface area (Å²) in [5.74, 6) is 0.716. The van der Waals surface area contributed by atoms with Crippen molar-refractivity contribution in [3.8, 4) is 5.75 Å². The van der Waals surface area contributed by atoms with Crippen LogP contribution in [0.3, 0.4) is 0 Å². The van der Waals surface area contributed by atoms with E-state index in [0.717, 1.165) is 38.0 Å². The third-order valence-electron chi connectivity index (χ3n) is 4.08. The molecule has 0 atom stereocenters. The van der Waals surface area contributed by atoms with Gasteiger partial charge in [-0.1, -0.05) is 6.92 Å². The molecule has 1 saturated heterocycles. The van der Waals surface area contributed by atoms with E-state index >= 15 is 0 Å². The Morgan fingerprint density at radius 2 is 2.14 bits per heavy atom. The molecule has 0 amide bonds. The molecular weight excluding hydrogens is 270 g/mol. The number of nitrogens with zero attached hydrogens (tertiary/aromatic N) is 2. The molecule has 0 unspecified atom stereocenters. The molecule has 1 fully saturated rings. The summed E-state index contributed by atoms with van der Waals surface area (Å²) in [6, 6.07) is 5.33. The Balaban J connectivity index is 2.18. The van der Waals surface area contributed by atoms with E-state index in [1.165, 1.54) is 6.07 Å². The van der Waals surface area contributed by atoms with Crippen molar-refractivity contribution in [3.05, 3.63) is 33.9 Å². The van der Waals surface area contributed by atoms with Crippen molar-refractivity contribution in [2.45, 2.75) is 32.4 Å². The predicted molar refractivity (Wildman–Crippen MR) is 81.6 cm³/mol. The first kappa shape index (κ1) is 15.7. The van der Waals surface area contributed by atoms with Crippen molar-refractivity contribution in [2.75, 3.05) is 26.7 Å². The van der Waals surface area contributed by atoms with Gasteiger partial charge in [-0.3, -0.25) is 15.0 Å². The number of hydrogen-bond donors (Lipinski definition) is 1. The van der Waals surface area contributed by atoms with Gasteiger partial charge in [-0.2, -0.15) is 0 Å². The topological polar surface area (TPSA) is 67.6 Å². The monoisotopic (exact) mass is 293 g/mol. The van der Waals surface area contributed by atoms with Crippen LogP contribution in [0.2, 0.25) is 0 Å². The molecule has 1 aromatic rings. The Morgan fingerprint density at radius 1 is 1.43 bits per heavy atom. The summed E-state index contributed by atoms with van der Waals surface area (Å²) in [7, 11) is 1.60. The molecule has 1 aliphatic heterocycles. The van der Waals surface area contributed by atoms with E-state index < -0.39 is 0 Å². The molecule has 1 N–H and O–H groups in total. The van der Waals surface area contributed by atoms with Gasteiger partial charge in [0.2, 0.25) is 0 Å². The van der Waals surface area contributed by atoms with Crippen molar-refractivity contribution >= 4 is 5.69 Å². The Morgan fingerprint density at radius 3 is 2.71 bits per heavy atom. The third kappa shape index (κ3) is 3.92. The van der Waals surface area contributed by atoms with E-state index in [4.69, 9.17) is 4.74 Å². The number of nitro groups is 1. The quantitative estimate of drug-likeness (QED) is 0.643. The van der Waals surface area contributed by atoms with Crippen LogP contribution in [-0.4, -0.2) is 42.6 Å². The fourth-order valence-electron chi connectivity index (χ4n) is 2.89. The standard InChI is InChI=1S/C15H23N3O3/c1-3-17(13-6-8-16-9-7-13)11-12-10-14(18(19)20)4-5-15(12)21-2/h4-5,10,13,16H,3,6-9,11H2,1-2H3. The largest absolute Gasteiger partial charge is 0.496 e. The number of rotatable bonds is 6. The van der Waals surface area contributed by atoms with E-state index in [1.807, 2.05) is 0 Å². The molecule has 2 rings (SSSR count). The van der Waals surface area contributed by atoms with Crippen molar-refractivity contribution in [2.24, 2.45) is 0 Å². The lowest BCUT2D eigenvalue weighted by molar-refractivity contribution is -0.385. The van der Waals surface area contributed by atoms with E-state index in [0.29, 0.717) is 18.3 Å². The van der Waals surface area contributed by atoms with Gasteiger partial charge < -0.3 is 10.1 Å². The lowest BCUT2D eigenvalue weighted by Crippen LogP contribution is -2.42. The fraction of sp³-hybridized carbons (Fsp3) is 0.600. The van der Waals surface area contributed by atoms with E-state index in [-0.39, 0.29) is 10.6 Å². The van der Waals surface area contributed by atoms with Crippen LogP contribution < -0.4 is 10.1 Å². The molecule has 1 aromatic carbocycles. The van der Waals surface area contributed by atoms with Gasteiger partial charge >= 0.3 is 0 Å². The molecule has 6 nitrogen and oxygen atoms in total. The predicted octanol–water partition coefficient (Wildman–Crippen LogP) is 2.18. The van der Waals surface area contributed by atoms with Gasteiger partial charge in [0.15, 0.2) is 0 Å². The van der Waals surface area contributed by atoms with Crippen LogP contribution in [0, 0.1) is 10.1 Å². The van der Waals surface area contributed by atoms with E-state index in [9.17, 15) is 10.1 Å². The van der Waals surface area contributed by atoms with Crippen molar-refractivity contribution in [3.63, 3.8) is 0 Å². The summed E-state index contributed by atoms with van der Waals surface area (Å²) in [5.41, 5.74) is 0.999. The maximum Gasteiger partial charge on any atom is 0.270 e. The molecular formula is C15H23N3O3. The van der Waals surface area contributed by atoms with E-state index in [2.05, 4.69) is 17.1 Å². The molecule has 0 saturated carbocycles. The van der Waals surface area contributed by atoms with Crippen LogP contribution in [0.15, 0.2) is 18.2 Å². The molecule has 1 heterocycles. The summed E-state index contributed by atoms with van der Waals surface area (Å²) in [6.45, 7) is 5.81. The summed E-state index contributed by atoms with van der Waals surface area (Å²) < 4.78 is 5.35. The van der Waals surface area contributed by atoms with Gasteiger partial charge in [0.1, 0.15) is 5.75 Å². The minimum Gasteiger partial charge on any atom is -0.496 e. The molecule has 116 valence electrons. The van der Waals surface area contributed by atoms with Crippen molar-refractivity contribution in [1.29, 1.82) is 0 Å². The second kappa shape index (κ2) is 7.38. The van der Waals surface area contributed by atoms with Crippen LogP contribution >= 0.6 is 0 Å². The first-order chi connectivity index (χ1) is 10.2. The maximum atomic E-state index is 11.0. The summed E-state index contributed by atoms with van der Waals surface area (Å²) >= 11 is 0. The fourth-order valence-corrected chi connectivity index (χ4v) is 2.89. The number of non-ortho nitro benzene ring substituents is 1. The van der Waals surface area contributed by atoms with Crippen LogP contribution in [0.4, 0.5) is 5.69 Å². The highest BCUT2D eigenvalue weighted by molar-refractivity contribution is 5.43. The SMILES string of the molecule is CCN(Cc1cc([N+](=O)[O-])ccc1OC)C1CCNCC1. The molecule has 0 aliphatic carbocycles. The molecule has 0 radical (unpaired) electrons. The lowest BCUT2D eigenvalue weighted by Gasteiger charge is -2.34. The smallest absolute Gasteiger partial charge is 0.270 e. The number of hydrogen-bond acceptors (Lipinski definition) is 5. The first-order valence-electron chi connectivity index (χ1n) is 7.41. The average Bonchev–Trinajstić information content (AvgIpc) is 2.53. The lowest BCUT2D eigenvalue weighted by atomic mass is 10.0. The van der Waals surface area contributed by atoms with Gasteiger partial charge in [-0.15, -0.1) is 0 Å². The summed E-state index contributed by atoms with van der Waals surface area (Å²) in [6.07, 6.45) is 2.23. The molecule has 21 heavy (non-hydrogen) atoms. The van der Waals surface area contributed by atoms with E-state index in [1.54, 1.807) is 19.2 Å². The number of methoxy groups -OCH3 is 1. The normalized spacial score (nSPS) is 16.1. The summed E-state index contributed by atoms with van der Waals surface area (Å²) in [5, 5.41) is 14.3. The molecule has 6 heteroatoms. The molecule has 0 bridgehead atoms. The van der Waals surface area contributed by atoms with Gasteiger partial charge in [0, 0.05) is 30.3 Å². The van der Waals surface area contributed by atoms with Crippen LogP contribution in [0.5, 0.6) is 5.75 Å². The zero-order valence-corrected chi connectivity index (χ0v) is 12.7. The number of ether oxygens (including phenoxy) is 1. The average molecular weight is 293 g/mol. The molecule has 0 spiro atoms. The Kier molecular flexibility index (Phi) is 5.52. The summed E-state index contributed by atoms with van der Waals surface area (Å²) in [4.78, 5) is 13.0. The van der Waals surface area contributed by atoms with Crippen LogP contribution in [-0.2, 0) is 6.54 Å². The van der Waals surface area contributed by atoms with Crippen LogP contribution in [0.25, 0.3) is 0 Å². The Labute approximate surface area is 125 Å². The zero-order valence-electron chi connectivity index (χ0n) is 12.7. The van der Waals surface area contributed by atoms with Crippen molar-refractivity contribution < 1.29 is 9.66 Å². The third-order valence-corrected chi connectivity index (χ3v) is 4.08. The minimum atomic E-state index is -0.357. The minimum absolute atomic E-state index is 0.118. The van der Waals surface area contributed by atoms with Crippen LogP contribution in [0.1, 0.15) is 25.3 Å². The van der Waals surface area contributed by atoms with Gasteiger partial charge in [-0.25, -0.2) is 0 Å². The maximum absolute atomic E-state index is 11.0. The number of piperidine rings is 1. The Hall–Kier alpha value is -1.66. The highest BCUT2D eigenvalue weighted by Gasteiger charge is 2.21. The number of nitro benzene ring substituents is 1.